The number of carboxylic acid groups (broad SMARTS) is 1. The smallest absolute Gasteiger partial charge is 0.412 e. The van der Waals surface area contributed by atoms with E-state index in [2.05, 4.69) is 4.57 Å². The highest BCUT2D eigenvalue weighted by Gasteiger charge is 2.27. The van der Waals surface area contributed by atoms with Crippen LogP contribution in [0.4, 0.5) is 10.5 Å². The van der Waals surface area contributed by atoms with Crippen molar-refractivity contribution in [3.63, 3.8) is 0 Å². The van der Waals surface area contributed by atoms with Crippen LogP contribution >= 0.6 is 0 Å². The molecule has 0 saturated carbocycles. The number of carbonyl (C=O) groups is 1. The van der Waals surface area contributed by atoms with Crippen LogP contribution in [0.25, 0.3) is 21.8 Å². The van der Waals surface area contributed by atoms with Gasteiger partial charge in [0.2, 0.25) is 0 Å². The van der Waals surface area contributed by atoms with Gasteiger partial charge in [-0.1, -0.05) is 66.7 Å². The Kier molecular flexibility index (Phi) is 8.12. The molecule has 5 aromatic rings. The molecule has 45 heavy (non-hydrogen) atoms. The van der Waals surface area contributed by atoms with Gasteiger partial charge in [0.15, 0.2) is 0 Å². The zero-order valence-electron chi connectivity index (χ0n) is 25.5. The van der Waals surface area contributed by atoms with Crippen LogP contribution in [0.5, 0.6) is 5.75 Å². The van der Waals surface area contributed by atoms with Gasteiger partial charge in [0.25, 0.3) is 0 Å². The third-order valence-electron chi connectivity index (χ3n) is 8.57. The monoisotopic (exact) mass is 603 g/mol. The largest absolute Gasteiger partial charge is 0.488 e. The molecule has 1 aliphatic rings. The van der Waals surface area contributed by atoms with Crippen LogP contribution in [-0.4, -0.2) is 56.5 Å². The Balaban J connectivity index is 1.43. The predicted octanol–water partition coefficient (Wildman–Crippen LogP) is 6.36. The van der Waals surface area contributed by atoms with Gasteiger partial charge in [0, 0.05) is 44.1 Å². The molecule has 1 fully saturated rings. The third kappa shape index (κ3) is 6.04. The molecule has 1 saturated heterocycles. The average Bonchev–Trinajstić information content (AvgIpc) is 3.33. The number of hydrogen-bond acceptors (Lipinski definition) is 5. The maximum atomic E-state index is 12.7. The van der Waals surface area contributed by atoms with Crippen molar-refractivity contribution in [1.29, 1.82) is 10.8 Å². The Morgan fingerprint density at radius 1 is 1.02 bits per heavy atom. The molecule has 230 valence electrons. The van der Waals surface area contributed by atoms with E-state index in [4.69, 9.17) is 26.3 Å². The standard InChI is InChI=1S/C35H37N7O3/c1-22(36)40-16-14-26(15-17-40)45-33-19-31-30(18-32(33)42(35(43)44)20-24-8-4-3-5-9-24)39-23(2)41(31)21-25-12-13-29(34(37)38)28-11-7-6-10-27(25)28/h3-13,18-19,26,36H,14-17,20-21H2,1-2H3,(H3,37,38)(H,43,44). The predicted molar refractivity (Wildman–Crippen MR) is 178 cm³/mol. The van der Waals surface area contributed by atoms with Gasteiger partial charge < -0.3 is 25.0 Å². The maximum Gasteiger partial charge on any atom is 0.412 e. The van der Waals surface area contributed by atoms with E-state index >= 15 is 0 Å². The van der Waals surface area contributed by atoms with Gasteiger partial charge in [-0.2, -0.15) is 0 Å². The van der Waals surface area contributed by atoms with E-state index in [-0.39, 0.29) is 18.5 Å². The van der Waals surface area contributed by atoms with Gasteiger partial charge >= 0.3 is 6.09 Å². The first-order chi connectivity index (χ1) is 21.7. The fourth-order valence-electron chi connectivity index (χ4n) is 6.18. The minimum absolute atomic E-state index is 0.0245. The maximum absolute atomic E-state index is 12.7. The molecular weight excluding hydrogens is 566 g/mol. The van der Waals surface area contributed by atoms with E-state index in [1.165, 1.54) is 4.90 Å². The van der Waals surface area contributed by atoms with Crippen molar-refractivity contribution in [2.24, 2.45) is 5.73 Å². The van der Waals surface area contributed by atoms with Crippen molar-refractivity contribution in [2.75, 3.05) is 18.0 Å². The number of hydrogen-bond donors (Lipinski definition) is 4. The van der Waals surface area contributed by atoms with Gasteiger partial charge in [0.05, 0.1) is 29.1 Å². The van der Waals surface area contributed by atoms with Crippen LogP contribution in [0, 0.1) is 17.7 Å². The minimum Gasteiger partial charge on any atom is -0.488 e. The second kappa shape index (κ2) is 12.3. The molecule has 1 aliphatic heterocycles. The van der Waals surface area contributed by atoms with Gasteiger partial charge in [-0.05, 0) is 41.8 Å². The van der Waals surface area contributed by atoms with Gasteiger partial charge in [-0.15, -0.1) is 0 Å². The Hall–Kier alpha value is -5.38. The number of imidazole rings is 1. The van der Waals surface area contributed by atoms with Crippen LogP contribution in [0.2, 0.25) is 0 Å². The molecular formula is C35H37N7O3. The summed E-state index contributed by atoms with van der Waals surface area (Å²) in [6.45, 7) is 5.85. The normalized spacial score (nSPS) is 13.7. The first-order valence-electron chi connectivity index (χ1n) is 15.1. The highest BCUT2D eigenvalue weighted by molar-refractivity contribution is 6.08. The molecule has 10 heteroatoms. The quantitative estimate of drug-likeness (QED) is 0.120. The molecule has 0 unspecified atom stereocenters. The summed E-state index contributed by atoms with van der Waals surface area (Å²) in [5.41, 5.74) is 10.5. The molecule has 0 bridgehead atoms. The number of anilines is 1. The number of nitrogens with two attached hydrogens (primary N) is 1. The first kappa shape index (κ1) is 29.7. The molecule has 1 amide bonds. The van der Waals surface area contributed by atoms with Crippen LogP contribution in [0.15, 0.2) is 78.9 Å². The summed E-state index contributed by atoms with van der Waals surface area (Å²) < 4.78 is 8.75. The number of nitrogens with zero attached hydrogens (tertiary/aromatic N) is 4. The number of amidine groups is 2. The number of likely N-dealkylation sites (tertiary alicyclic amines) is 1. The van der Waals surface area contributed by atoms with Crippen molar-refractivity contribution in [2.45, 2.75) is 45.9 Å². The van der Waals surface area contributed by atoms with Gasteiger partial charge in [-0.25, -0.2) is 9.78 Å². The zero-order chi connectivity index (χ0) is 31.7. The molecule has 1 aromatic heterocycles. The number of nitrogen functional groups attached to an aromatic ring is 1. The molecule has 4 aromatic carbocycles. The van der Waals surface area contributed by atoms with Crippen molar-refractivity contribution in [1.82, 2.24) is 14.5 Å². The van der Waals surface area contributed by atoms with E-state index < -0.39 is 6.09 Å². The zero-order valence-corrected chi connectivity index (χ0v) is 25.5. The molecule has 0 atom stereocenters. The molecule has 6 rings (SSSR count). The number of aromatic nitrogens is 2. The number of fused-ring (bicyclic) bond motifs is 2. The molecule has 0 radical (unpaired) electrons. The Bertz CT molecular complexity index is 1910. The van der Waals surface area contributed by atoms with E-state index in [1.807, 2.05) is 90.7 Å². The fourth-order valence-corrected chi connectivity index (χ4v) is 6.18. The average molecular weight is 604 g/mol. The number of benzene rings is 4. The van der Waals surface area contributed by atoms with Crippen LogP contribution < -0.4 is 15.4 Å². The second-order valence-electron chi connectivity index (χ2n) is 11.5. The van der Waals surface area contributed by atoms with Crippen molar-refractivity contribution in [3.8, 4) is 5.75 Å². The second-order valence-corrected chi connectivity index (χ2v) is 11.5. The first-order valence-corrected chi connectivity index (χ1v) is 15.1. The summed E-state index contributed by atoms with van der Waals surface area (Å²) in [5.74, 6) is 1.84. The van der Waals surface area contributed by atoms with Gasteiger partial charge in [0.1, 0.15) is 23.5 Å². The number of nitrogens with one attached hydrogen (secondary N) is 2. The highest BCUT2D eigenvalue weighted by Crippen LogP contribution is 2.37. The number of ether oxygens (including phenoxy) is 1. The Morgan fingerprint density at radius 2 is 1.71 bits per heavy atom. The summed E-state index contributed by atoms with van der Waals surface area (Å²) in [6.07, 6.45) is 0.258. The van der Waals surface area contributed by atoms with E-state index in [1.54, 1.807) is 6.92 Å². The summed E-state index contributed by atoms with van der Waals surface area (Å²) >= 11 is 0. The fraction of sp³-hybridized carbons (Fsp3) is 0.257. The lowest BCUT2D eigenvalue weighted by Gasteiger charge is -2.33. The van der Waals surface area contributed by atoms with Crippen molar-refractivity contribution in [3.05, 3.63) is 101 Å². The summed E-state index contributed by atoms with van der Waals surface area (Å²) in [6, 6.07) is 25.1. The van der Waals surface area contributed by atoms with Gasteiger partial charge in [-0.3, -0.25) is 15.7 Å². The molecule has 0 aliphatic carbocycles. The molecule has 2 heterocycles. The highest BCUT2D eigenvalue weighted by atomic mass is 16.5. The van der Waals surface area contributed by atoms with Crippen molar-refractivity contribution < 1.29 is 14.6 Å². The summed E-state index contributed by atoms with van der Waals surface area (Å²) in [5, 5.41) is 28.3. The SMILES string of the molecule is CC(=N)N1CCC(Oc2cc3c(cc2N(Cc2ccccc2)C(=O)O)nc(C)n3Cc2ccc(C(=N)N)c3ccccc23)CC1. The minimum atomic E-state index is -1.08. The molecule has 5 N–H and O–H groups in total. The van der Waals surface area contributed by atoms with Crippen LogP contribution in [0.1, 0.15) is 42.3 Å². The third-order valence-corrected chi connectivity index (χ3v) is 8.57. The molecule has 0 spiro atoms. The number of amides is 1. The Labute approximate surface area is 261 Å². The van der Waals surface area contributed by atoms with Crippen LogP contribution in [0.3, 0.4) is 0 Å². The topological polar surface area (TPSA) is 145 Å². The van der Waals surface area contributed by atoms with Crippen molar-refractivity contribution >= 4 is 45.3 Å². The van der Waals surface area contributed by atoms with E-state index in [9.17, 15) is 9.90 Å². The Morgan fingerprint density at radius 3 is 2.38 bits per heavy atom. The van der Waals surface area contributed by atoms with E-state index in [0.29, 0.717) is 48.0 Å². The lowest BCUT2D eigenvalue weighted by molar-refractivity contribution is 0.131. The number of rotatable bonds is 8. The van der Waals surface area contributed by atoms with Crippen LogP contribution in [-0.2, 0) is 13.1 Å². The number of aryl methyl sites for hydroxylation is 1. The molecule has 10 nitrogen and oxygen atoms in total. The number of piperidine rings is 1. The summed E-state index contributed by atoms with van der Waals surface area (Å²) in [7, 11) is 0. The summed E-state index contributed by atoms with van der Waals surface area (Å²) in [4.78, 5) is 20.9. The lowest BCUT2D eigenvalue weighted by atomic mass is 9.99. The lowest BCUT2D eigenvalue weighted by Crippen LogP contribution is -2.40. The van der Waals surface area contributed by atoms with E-state index in [0.717, 1.165) is 46.1 Å².